The minimum Gasteiger partial charge on any atom is -0.492 e. The van der Waals surface area contributed by atoms with Crippen molar-refractivity contribution < 1.29 is 27.8 Å². The van der Waals surface area contributed by atoms with Crippen molar-refractivity contribution in [1.29, 1.82) is 0 Å². The van der Waals surface area contributed by atoms with Gasteiger partial charge in [0.2, 0.25) is 17.6 Å². The van der Waals surface area contributed by atoms with Crippen LogP contribution >= 0.6 is 11.6 Å². The molecule has 1 amide bonds. The average Bonchev–Trinajstić information content (AvgIpc) is 3.67. The van der Waals surface area contributed by atoms with Crippen molar-refractivity contribution in [1.82, 2.24) is 28.9 Å². The average molecular weight is 730 g/mol. The van der Waals surface area contributed by atoms with Gasteiger partial charge in [-0.05, 0) is 69.2 Å². The molecule has 1 aromatic carbocycles. The van der Waals surface area contributed by atoms with Gasteiger partial charge in [-0.25, -0.2) is 4.68 Å². The van der Waals surface area contributed by atoms with E-state index in [9.17, 15) is 27.9 Å². The zero-order chi connectivity index (χ0) is 36.2. The first-order valence-electron chi connectivity index (χ1n) is 17.1. The van der Waals surface area contributed by atoms with Gasteiger partial charge in [0.05, 0.1) is 41.7 Å². The first-order valence-corrected chi connectivity index (χ1v) is 17.5. The Bertz CT molecular complexity index is 2090. The number of carbonyl (C=O) groups excluding carboxylic acids is 1. The van der Waals surface area contributed by atoms with Gasteiger partial charge in [0, 0.05) is 31.4 Å². The summed E-state index contributed by atoms with van der Waals surface area (Å²) in [5, 5.41) is 22.3. The van der Waals surface area contributed by atoms with Crippen LogP contribution in [0.25, 0.3) is 11.4 Å². The van der Waals surface area contributed by atoms with E-state index < -0.39 is 22.7 Å². The number of amides is 1. The highest BCUT2D eigenvalue weighted by Crippen LogP contribution is 2.40. The number of rotatable bonds is 8. The number of nitrogens with zero attached hydrogens (tertiary/aromatic N) is 8. The van der Waals surface area contributed by atoms with E-state index in [1.165, 1.54) is 11.4 Å². The molecular formula is C34H39ClF3N9O4. The van der Waals surface area contributed by atoms with Crippen molar-refractivity contribution in [2.45, 2.75) is 77.7 Å². The summed E-state index contributed by atoms with van der Waals surface area (Å²) in [4.78, 5) is 36.8. The Kier molecular flexibility index (Phi) is 9.24. The monoisotopic (exact) mass is 729 g/mol. The number of ether oxygens (including phenoxy) is 1. The number of alkyl halides is 3. The molecule has 0 radical (unpaired) electrons. The standard InChI is InChI=1S/C34H39ClF3N9O4/c1-4-26-29(43-10-11-44(20(3)17-43)27-16-39-46(31(27)49)22-6-5-7-22)32(50)47-33(41-30(42-47)21-8-12-51-13-9-21)45(26)18-28(48)40-25-15-24(35)23(14-19(25)2)34(36,37)38/h8,14-16,20,22,49H,4-7,9-13,17-18H2,1-3H3,(H,40,48)/t20-/m1/s1. The van der Waals surface area contributed by atoms with E-state index in [1.54, 1.807) is 15.4 Å². The van der Waals surface area contributed by atoms with Gasteiger partial charge in [0.1, 0.15) is 17.9 Å². The number of anilines is 3. The third-order valence-electron chi connectivity index (χ3n) is 10.0. The molecule has 3 aliphatic rings. The van der Waals surface area contributed by atoms with Gasteiger partial charge >= 0.3 is 6.18 Å². The van der Waals surface area contributed by atoms with E-state index in [4.69, 9.17) is 21.3 Å². The number of piperazine rings is 1. The van der Waals surface area contributed by atoms with Crippen LogP contribution in [0, 0.1) is 6.92 Å². The van der Waals surface area contributed by atoms with Crippen LogP contribution in [0.3, 0.4) is 0 Å². The van der Waals surface area contributed by atoms with Crippen LogP contribution in [0.5, 0.6) is 5.88 Å². The molecule has 0 unspecified atom stereocenters. The Morgan fingerprint density at radius 2 is 2.00 bits per heavy atom. The topological polar surface area (TPSA) is 135 Å². The fourth-order valence-electron chi connectivity index (χ4n) is 7.13. The molecule has 2 N–H and O–H groups in total. The number of aryl methyl sites for hydroxylation is 1. The summed E-state index contributed by atoms with van der Waals surface area (Å²) < 4.78 is 50.4. The van der Waals surface area contributed by atoms with E-state index in [0.29, 0.717) is 68.6 Å². The van der Waals surface area contributed by atoms with Crippen LogP contribution in [-0.4, -0.2) is 78.8 Å². The van der Waals surface area contributed by atoms with Crippen molar-refractivity contribution in [3.63, 3.8) is 0 Å². The zero-order valence-electron chi connectivity index (χ0n) is 28.5. The maximum Gasteiger partial charge on any atom is 0.417 e. The third-order valence-corrected chi connectivity index (χ3v) is 10.3. The minimum atomic E-state index is -4.65. The molecule has 1 saturated heterocycles. The van der Waals surface area contributed by atoms with E-state index in [-0.39, 0.29) is 47.1 Å². The summed E-state index contributed by atoms with van der Waals surface area (Å²) in [6.07, 6.45) is 2.91. The molecule has 272 valence electrons. The highest BCUT2D eigenvalue weighted by Gasteiger charge is 2.35. The summed E-state index contributed by atoms with van der Waals surface area (Å²) in [5.74, 6) is 0.116. The highest BCUT2D eigenvalue weighted by molar-refractivity contribution is 6.31. The van der Waals surface area contributed by atoms with Crippen LogP contribution in [0.1, 0.15) is 68.2 Å². The summed E-state index contributed by atoms with van der Waals surface area (Å²) in [5.41, 5.74) is 1.37. The Hall–Kier alpha value is -4.57. The van der Waals surface area contributed by atoms with E-state index in [0.717, 1.165) is 37.0 Å². The molecule has 1 atom stereocenters. The van der Waals surface area contributed by atoms with Crippen molar-refractivity contribution in [2.24, 2.45) is 0 Å². The Labute approximate surface area is 296 Å². The van der Waals surface area contributed by atoms with Gasteiger partial charge in [0.25, 0.3) is 5.56 Å². The lowest BCUT2D eigenvalue weighted by Crippen LogP contribution is -2.54. The molecule has 3 aromatic heterocycles. The van der Waals surface area contributed by atoms with Gasteiger partial charge in [0.15, 0.2) is 5.82 Å². The van der Waals surface area contributed by atoms with Crippen LogP contribution in [0.15, 0.2) is 29.2 Å². The molecule has 13 nitrogen and oxygen atoms in total. The second kappa shape index (κ2) is 13.5. The lowest BCUT2D eigenvalue weighted by molar-refractivity contribution is -0.137. The lowest BCUT2D eigenvalue weighted by atomic mass is 9.93. The molecule has 7 rings (SSSR count). The number of carbonyl (C=O) groups is 1. The molecule has 1 saturated carbocycles. The van der Waals surface area contributed by atoms with Gasteiger partial charge in [-0.3, -0.25) is 9.59 Å². The molecule has 0 bridgehead atoms. The van der Waals surface area contributed by atoms with Gasteiger partial charge in [-0.1, -0.05) is 24.6 Å². The van der Waals surface area contributed by atoms with Crippen molar-refractivity contribution in [3.05, 3.63) is 62.4 Å². The molecule has 17 heteroatoms. The predicted octanol–water partition coefficient (Wildman–Crippen LogP) is 5.22. The molecule has 1 aliphatic carbocycles. The van der Waals surface area contributed by atoms with Crippen LogP contribution < -0.4 is 20.7 Å². The van der Waals surface area contributed by atoms with Crippen molar-refractivity contribution >= 4 is 45.9 Å². The van der Waals surface area contributed by atoms with Gasteiger partial charge < -0.3 is 29.5 Å². The summed E-state index contributed by atoms with van der Waals surface area (Å²) in [7, 11) is 0. The Balaban J connectivity index is 1.24. The van der Waals surface area contributed by atoms with Crippen LogP contribution in [0.4, 0.5) is 30.2 Å². The van der Waals surface area contributed by atoms with E-state index >= 15 is 0 Å². The summed E-state index contributed by atoms with van der Waals surface area (Å²) >= 11 is 5.98. The van der Waals surface area contributed by atoms with Crippen LogP contribution in [-0.2, 0) is 28.7 Å². The number of benzene rings is 1. The fraction of sp³-hybridized carbons (Fsp3) is 0.500. The van der Waals surface area contributed by atoms with E-state index in [2.05, 4.69) is 20.4 Å². The van der Waals surface area contributed by atoms with Gasteiger partial charge in [-0.2, -0.15) is 27.8 Å². The second-order valence-corrected chi connectivity index (χ2v) is 13.7. The minimum absolute atomic E-state index is 0.119. The largest absolute Gasteiger partial charge is 0.492 e. The normalized spacial score (nSPS) is 18.6. The van der Waals surface area contributed by atoms with Crippen LogP contribution in [0.2, 0.25) is 5.02 Å². The van der Waals surface area contributed by atoms with E-state index in [1.807, 2.05) is 24.8 Å². The number of aromatic hydroxyl groups is 1. The molecule has 51 heavy (non-hydrogen) atoms. The summed E-state index contributed by atoms with van der Waals surface area (Å²) in [6, 6.07) is 2.07. The summed E-state index contributed by atoms with van der Waals surface area (Å²) in [6.45, 7) is 7.28. The predicted molar refractivity (Wildman–Crippen MR) is 186 cm³/mol. The number of nitrogens with one attached hydrogen (secondary N) is 1. The number of hydrogen-bond acceptors (Lipinski definition) is 9. The zero-order valence-corrected chi connectivity index (χ0v) is 29.3. The van der Waals surface area contributed by atoms with Gasteiger partial charge in [-0.15, -0.1) is 5.10 Å². The molecule has 5 heterocycles. The number of fused-ring (bicyclic) bond motifs is 1. The number of hydrogen-bond donors (Lipinski definition) is 2. The first kappa shape index (κ1) is 34.9. The third kappa shape index (κ3) is 6.43. The quantitative estimate of drug-likeness (QED) is 0.250. The Morgan fingerprint density at radius 3 is 2.65 bits per heavy atom. The molecule has 2 aliphatic heterocycles. The molecule has 0 spiro atoms. The maximum absolute atomic E-state index is 14.3. The highest BCUT2D eigenvalue weighted by atomic mass is 35.5. The fourth-order valence-corrected chi connectivity index (χ4v) is 7.40. The SMILES string of the molecule is CCc1c(N2CCN(c3cnn(C4CCC4)c3O)[C@H](C)C2)c(=O)n2nc(C3=CCOCC3)nc2n1CC(=O)Nc1cc(Cl)c(C(F)(F)F)cc1C. The molecule has 2 fully saturated rings. The molecule has 4 aromatic rings. The number of aromatic nitrogens is 6. The smallest absolute Gasteiger partial charge is 0.417 e. The lowest BCUT2D eigenvalue weighted by Gasteiger charge is -2.42. The second-order valence-electron chi connectivity index (χ2n) is 13.3. The van der Waals surface area contributed by atoms with Crippen molar-refractivity contribution in [2.75, 3.05) is 48.0 Å². The van der Waals surface area contributed by atoms with Crippen molar-refractivity contribution in [3.8, 4) is 5.88 Å². The maximum atomic E-state index is 14.3. The molecular weight excluding hydrogens is 691 g/mol. The number of halogens is 4. The Morgan fingerprint density at radius 1 is 1.22 bits per heavy atom. The first-order chi connectivity index (χ1) is 24.3.